The lowest BCUT2D eigenvalue weighted by Gasteiger charge is -2.10. The molecule has 18 heavy (non-hydrogen) atoms. The summed E-state index contributed by atoms with van der Waals surface area (Å²) in [5, 5.41) is 3.72. The van der Waals surface area contributed by atoms with Crippen molar-refractivity contribution < 1.29 is 4.21 Å². The lowest BCUT2D eigenvalue weighted by atomic mass is 10.2. The Kier molecular flexibility index (Phi) is 6.09. The topological polar surface area (TPSA) is 34.0 Å². The monoisotopic (exact) mass is 270 g/mol. The summed E-state index contributed by atoms with van der Waals surface area (Å²) in [6.45, 7) is 11.4. The summed E-state index contributed by atoms with van der Waals surface area (Å²) in [6, 6.07) is 2.26. The molecule has 1 heterocycles. The van der Waals surface area contributed by atoms with Crippen molar-refractivity contribution in [2.24, 2.45) is 0 Å². The summed E-state index contributed by atoms with van der Waals surface area (Å²) in [5.74, 6) is 0. The molecule has 4 heteroatoms. The number of aryl methyl sites for hydroxylation is 1. The Morgan fingerprint density at radius 1 is 1.44 bits per heavy atom. The number of rotatable bonds is 7. The fraction of sp³-hybridized carbons (Fsp3) is 0.714. The summed E-state index contributed by atoms with van der Waals surface area (Å²) in [6.07, 6.45) is 2.75. The van der Waals surface area contributed by atoms with Gasteiger partial charge in [-0.25, -0.2) is 0 Å². The van der Waals surface area contributed by atoms with Gasteiger partial charge < -0.3 is 9.88 Å². The Hall–Kier alpha value is -0.610. The van der Waals surface area contributed by atoms with Crippen LogP contribution >= 0.6 is 0 Å². The first kappa shape index (κ1) is 15.4. The van der Waals surface area contributed by atoms with Crippen molar-refractivity contribution >= 4 is 10.8 Å². The van der Waals surface area contributed by atoms with E-state index in [9.17, 15) is 4.21 Å². The average molecular weight is 270 g/mol. The summed E-state index contributed by atoms with van der Waals surface area (Å²) in [4.78, 5) is 0. The first-order chi connectivity index (χ1) is 8.47. The third kappa shape index (κ3) is 3.95. The van der Waals surface area contributed by atoms with E-state index < -0.39 is 10.8 Å². The molecular weight excluding hydrogens is 244 g/mol. The van der Waals surface area contributed by atoms with Gasteiger partial charge in [-0.3, -0.25) is 4.21 Å². The zero-order valence-corrected chi connectivity index (χ0v) is 13.1. The van der Waals surface area contributed by atoms with Gasteiger partial charge in [0.2, 0.25) is 0 Å². The van der Waals surface area contributed by atoms with Gasteiger partial charge in [-0.05, 0) is 45.4 Å². The zero-order chi connectivity index (χ0) is 13.7. The summed E-state index contributed by atoms with van der Waals surface area (Å²) >= 11 is 0. The quantitative estimate of drug-likeness (QED) is 0.772. The standard InChI is InChI=1S/C14H26N2OS/c1-6-16-11(2)9-14(13(16)4)10-15-8-7-12(3)18(5)17/h9,12,15H,6-8,10H2,1-5H3. The highest BCUT2D eigenvalue weighted by Gasteiger charge is 2.08. The van der Waals surface area contributed by atoms with Gasteiger partial charge in [0.1, 0.15) is 0 Å². The summed E-state index contributed by atoms with van der Waals surface area (Å²) < 4.78 is 13.6. The van der Waals surface area contributed by atoms with Crippen molar-refractivity contribution in [2.45, 2.75) is 52.5 Å². The van der Waals surface area contributed by atoms with Crippen LogP contribution in [0.15, 0.2) is 6.07 Å². The van der Waals surface area contributed by atoms with Crippen LogP contribution in [0, 0.1) is 13.8 Å². The smallest absolute Gasteiger partial charge is 0.0329 e. The lowest BCUT2D eigenvalue weighted by Crippen LogP contribution is -2.21. The predicted octanol–water partition coefficient (Wildman–Crippen LogP) is 2.37. The summed E-state index contributed by atoms with van der Waals surface area (Å²) in [5.41, 5.74) is 4.06. The molecule has 2 unspecified atom stereocenters. The Labute approximate surface area is 113 Å². The largest absolute Gasteiger partial charge is 0.349 e. The van der Waals surface area contributed by atoms with Crippen molar-refractivity contribution in [3.8, 4) is 0 Å². The molecular formula is C14H26N2OS. The van der Waals surface area contributed by atoms with Gasteiger partial charge >= 0.3 is 0 Å². The van der Waals surface area contributed by atoms with Crippen LogP contribution in [0.3, 0.4) is 0 Å². The molecule has 1 N–H and O–H groups in total. The highest BCUT2D eigenvalue weighted by Crippen LogP contribution is 2.14. The first-order valence-electron chi connectivity index (χ1n) is 6.65. The molecule has 0 aliphatic rings. The Balaban J connectivity index is 2.43. The van der Waals surface area contributed by atoms with Gasteiger partial charge in [-0.2, -0.15) is 0 Å². The number of aromatic nitrogens is 1. The van der Waals surface area contributed by atoms with Gasteiger partial charge in [0.25, 0.3) is 0 Å². The van der Waals surface area contributed by atoms with Crippen LogP contribution in [0.25, 0.3) is 0 Å². The van der Waals surface area contributed by atoms with E-state index in [2.05, 4.69) is 36.7 Å². The van der Waals surface area contributed by atoms with Crippen LogP contribution in [0.2, 0.25) is 0 Å². The maximum absolute atomic E-state index is 11.2. The van der Waals surface area contributed by atoms with E-state index in [-0.39, 0.29) is 5.25 Å². The highest BCUT2D eigenvalue weighted by molar-refractivity contribution is 7.84. The molecule has 0 aliphatic carbocycles. The maximum Gasteiger partial charge on any atom is 0.0329 e. The average Bonchev–Trinajstić information content (AvgIpc) is 2.59. The third-order valence-electron chi connectivity index (χ3n) is 3.60. The molecule has 0 aliphatic heterocycles. The molecule has 1 rings (SSSR count). The molecule has 104 valence electrons. The second-order valence-corrected chi connectivity index (χ2v) is 6.72. The predicted molar refractivity (Wildman–Crippen MR) is 79.4 cm³/mol. The molecule has 0 radical (unpaired) electrons. The van der Waals surface area contributed by atoms with Crippen molar-refractivity contribution in [2.75, 3.05) is 12.8 Å². The van der Waals surface area contributed by atoms with Crippen molar-refractivity contribution in [3.05, 3.63) is 23.0 Å². The van der Waals surface area contributed by atoms with Gasteiger partial charge in [-0.1, -0.05) is 6.92 Å². The number of nitrogens with zero attached hydrogens (tertiary/aromatic N) is 1. The minimum absolute atomic E-state index is 0.278. The molecule has 0 aromatic carbocycles. The minimum atomic E-state index is -0.708. The molecule has 0 spiro atoms. The minimum Gasteiger partial charge on any atom is -0.349 e. The van der Waals surface area contributed by atoms with E-state index >= 15 is 0 Å². The van der Waals surface area contributed by atoms with Crippen LogP contribution in [0.4, 0.5) is 0 Å². The second-order valence-electron chi connectivity index (χ2n) is 4.92. The van der Waals surface area contributed by atoms with E-state index in [1.54, 1.807) is 6.26 Å². The van der Waals surface area contributed by atoms with Crippen LogP contribution in [-0.4, -0.2) is 26.8 Å². The van der Waals surface area contributed by atoms with E-state index in [0.717, 1.165) is 26.1 Å². The molecule has 0 saturated heterocycles. The van der Waals surface area contributed by atoms with Crippen molar-refractivity contribution in [1.82, 2.24) is 9.88 Å². The third-order valence-corrected chi connectivity index (χ3v) is 4.97. The molecule has 0 bridgehead atoms. The van der Waals surface area contributed by atoms with E-state index in [1.807, 2.05) is 6.92 Å². The zero-order valence-electron chi connectivity index (χ0n) is 12.2. The first-order valence-corrected chi connectivity index (χ1v) is 8.28. The van der Waals surface area contributed by atoms with Gasteiger partial charge in [0, 0.05) is 46.8 Å². The Morgan fingerprint density at radius 2 is 2.11 bits per heavy atom. The van der Waals surface area contributed by atoms with Gasteiger partial charge in [0.05, 0.1) is 0 Å². The Morgan fingerprint density at radius 3 is 2.61 bits per heavy atom. The second kappa shape index (κ2) is 7.10. The summed E-state index contributed by atoms with van der Waals surface area (Å²) in [7, 11) is -0.708. The maximum atomic E-state index is 11.2. The molecule has 2 atom stereocenters. The fourth-order valence-corrected chi connectivity index (χ4v) is 2.68. The van der Waals surface area contributed by atoms with Gasteiger partial charge in [0.15, 0.2) is 0 Å². The van der Waals surface area contributed by atoms with Crippen molar-refractivity contribution in [3.63, 3.8) is 0 Å². The normalized spacial score (nSPS) is 14.7. The van der Waals surface area contributed by atoms with Crippen LogP contribution in [-0.2, 0) is 23.9 Å². The Bertz CT molecular complexity index is 412. The number of hydrogen-bond acceptors (Lipinski definition) is 2. The molecule has 0 amide bonds. The van der Waals surface area contributed by atoms with E-state index in [0.29, 0.717) is 0 Å². The fourth-order valence-electron chi connectivity index (χ4n) is 2.23. The van der Waals surface area contributed by atoms with Crippen LogP contribution in [0.5, 0.6) is 0 Å². The van der Waals surface area contributed by atoms with Crippen molar-refractivity contribution in [1.29, 1.82) is 0 Å². The highest BCUT2D eigenvalue weighted by atomic mass is 32.2. The van der Waals surface area contributed by atoms with Crippen LogP contribution < -0.4 is 5.32 Å². The van der Waals surface area contributed by atoms with E-state index in [1.165, 1.54) is 17.0 Å². The molecule has 0 saturated carbocycles. The number of nitrogens with one attached hydrogen (secondary N) is 1. The van der Waals surface area contributed by atoms with E-state index in [4.69, 9.17) is 0 Å². The van der Waals surface area contributed by atoms with Crippen LogP contribution in [0.1, 0.15) is 37.2 Å². The number of hydrogen-bond donors (Lipinski definition) is 1. The molecule has 1 aromatic heterocycles. The lowest BCUT2D eigenvalue weighted by molar-refractivity contribution is 0.625. The molecule has 3 nitrogen and oxygen atoms in total. The van der Waals surface area contributed by atoms with Gasteiger partial charge in [-0.15, -0.1) is 0 Å². The molecule has 1 aromatic rings. The molecule has 0 fully saturated rings. The SMILES string of the molecule is CCn1c(C)cc(CNCCC(C)S(C)=O)c1C.